The van der Waals surface area contributed by atoms with E-state index in [0.717, 1.165) is 6.20 Å². The number of H-pyrrole nitrogens is 1. The van der Waals surface area contributed by atoms with E-state index in [-0.39, 0.29) is 39.2 Å². The van der Waals surface area contributed by atoms with Gasteiger partial charge in [-0.3, -0.25) is 19.1 Å². The van der Waals surface area contributed by atoms with E-state index in [1.54, 1.807) is 17.9 Å². The summed E-state index contributed by atoms with van der Waals surface area (Å²) >= 11 is 6.39. The average molecular weight is 562 g/mol. The van der Waals surface area contributed by atoms with Crippen molar-refractivity contribution < 1.29 is 22.8 Å². The van der Waals surface area contributed by atoms with Crippen LogP contribution in [0.3, 0.4) is 0 Å². The minimum Gasteiger partial charge on any atom is -0.340 e. The number of aromatic nitrogens is 5. The number of hydrogen-bond acceptors (Lipinski definition) is 7. The van der Waals surface area contributed by atoms with Crippen molar-refractivity contribution in [3.05, 3.63) is 59.3 Å². The molecule has 1 fully saturated rings. The van der Waals surface area contributed by atoms with Crippen LogP contribution in [0, 0.1) is 0 Å². The highest BCUT2D eigenvalue weighted by molar-refractivity contribution is 6.34. The van der Waals surface area contributed by atoms with Crippen LogP contribution in [0.4, 0.5) is 24.7 Å². The van der Waals surface area contributed by atoms with Crippen molar-refractivity contribution in [2.45, 2.75) is 19.1 Å². The van der Waals surface area contributed by atoms with Crippen LogP contribution in [-0.2, 0) is 11.0 Å². The first-order valence-corrected chi connectivity index (χ1v) is 12.3. The molecule has 4 aromatic rings. The van der Waals surface area contributed by atoms with Gasteiger partial charge in [0, 0.05) is 50.5 Å². The predicted octanol–water partition coefficient (Wildman–Crippen LogP) is 3.09. The van der Waals surface area contributed by atoms with E-state index in [0.29, 0.717) is 31.9 Å². The van der Waals surface area contributed by atoms with Crippen LogP contribution in [0.2, 0.25) is 5.02 Å². The number of anilines is 2. The van der Waals surface area contributed by atoms with E-state index < -0.39 is 23.8 Å². The third-order valence-electron chi connectivity index (χ3n) is 6.24. The molecule has 4 heterocycles. The average Bonchev–Trinajstić information content (AvgIpc) is 3.56. The molecule has 15 heteroatoms. The van der Waals surface area contributed by atoms with E-state index in [4.69, 9.17) is 11.6 Å². The number of rotatable bonds is 6. The molecule has 0 saturated carbocycles. The van der Waals surface area contributed by atoms with Crippen molar-refractivity contribution in [3.63, 3.8) is 0 Å². The third kappa shape index (κ3) is 5.38. The van der Waals surface area contributed by atoms with Gasteiger partial charge in [-0.15, -0.1) is 0 Å². The van der Waals surface area contributed by atoms with Gasteiger partial charge in [0.05, 0.1) is 28.0 Å². The Bertz CT molecular complexity index is 1530. The first-order valence-electron chi connectivity index (χ1n) is 11.9. The lowest BCUT2D eigenvalue weighted by Gasteiger charge is -2.30. The lowest BCUT2D eigenvalue weighted by Crippen LogP contribution is -2.53. The molecule has 1 aliphatic heterocycles. The summed E-state index contributed by atoms with van der Waals surface area (Å²) in [5.41, 5.74) is -0.136. The van der Waals surface area contributed by atoms with Crippen LogP contribution in [-0.4, -0.2) is 73.5 Å². The molecule has 3 aromatic heterocycles. The maximum Gasteiger partial charge on any atom is 0.435 e. The SMILES string of the molecule is C[C@@H](NC(=O)c1ccc(Nc2nccn3c(-c4c[nH]nc4C(F)(F)F)cnc23)cc1Cl)C(=O)N1CCNCC1. The minimum atomic E-state index is -4.64. The van der Waals surface area contributed by atoms with Gasteiger partial charge in [0.25, 0.3) is 5.91 Å². The molecule has 39 heavy (non-hydrogen) atoms. The Morgan fingerprint density at radius 3 is 2.67 bits per heavy atom. The largest absolute Gasteiger partial charge is 0.435 e. The Balaban J connectivity index is 1.33. The maximum absolute atomic E-state index is 13.4. The number of benzene rings is 1. The fraction of sp³-hybridized carbons (Fsp3) is 0.292. The molecule has 0 aliphatic carbocycles. The Morgan fingerprint density at radius 1 is 1.18 bits per heavy atom. The minimum absolute atomic E-state index is 0.128. The predicted molar refractivity (Wildman–Crippen MR) is 137 cm³/mol. The molecule has 2 amide bonds. The van der Waals surface area contributed by atoms with Crippen LogP contribution in [0.1, 0.15) is 23.0 Å². The van der Waals surface area contributed by atoms with Gasteiger partial charge in [0.1, 0.15) is 6.04 Å². The van der Waals surface area contributed by atoms with Gasteiger partial charge in [-0.2, -0.15) is 18.3 Å². The van der Waals surface area contributed by atoms with E-state index >= 15 is 0 Å². The van der Waals surface area contributed by atoms with E-state index in [9.17, 15) is 22.8 Å². The topological polar surface area (TPSA) is 132 Å². The number of aromatic amines is 1. The zero-order chi connectivity index (χ0) is 27.7. The van der Waals surface area contributed by atoms with Crippen LogP contribution >= 0.6 is 11.6 Å². The highest BCUT2D eigenvalue weighted by atomic mass is 35.5. The standard InChI is InChI=1S/C24H23ClF3N9O2/c1-13(23(39)36-7-4-29-5-8-36)33-22(38)15-3-2-14(10-17(15)25)34-20-21-31-12-18(37(21)9-6-30-20)16-11-32-35-19(16)24(26,27)28/h2-3,6,9-13,29H,4-5,7-8H2,1H3,(H,30,34)(H,32,35)(H,33,38)/t13-/m1/s1. The number of imidazole rings is 1. The Morgan fingerprint density at radius 2 is 1.95 bits per heavy atom. The lowest BCUT2D eigenvalue weighted by atomic mass is 10.1. The molecule has 1 aliphatic rings. The summed E-state index contributed by atoms with van der Waals surface area (Å²) in [4.78, 5) is 35.6. The summed E-state index contributed by atoms with van der Waals surface area (Å²) in [5.74, 6) is -0.416. The van der Waals surface area contributed by atoms with Crippen molar-refractivity contribution in [2.75, 3.05) is 31.5 Å². The Hall–Kier alpha value is -4.17. The van der Waals surface area contributed by atoms with Crippen molar-refractivity contribution >= 4 is 40.6 Å². The summed E-state index contributed by atoms with van der Waals surface area (Å²) in [6.07, 6.45) is 0.703. The van der Waals surface area contributed by atoms with Gasteiger partial charge in [-0.05, 0) is 25.1 Å². The number of halogens is 4. The molecule has 11 nitrogen and oxygen atoms in total. The fourth-order valence-corrected chi connectivity index (χ4v) is 4.58. The number of nitrogens with zero attached hydrogens (tertiary/aromatic N) is 5. The summed E-state index contributed by atoms with van der Waals surface area (Å²) < 4.78 is 41.5. The normalized spacial score (nSPS) is 14.8. The lowest BCUT2D eigenvalue weighted by molar-refractivity contribution is -0.140. The summed E-state index contributed by atoms with van der Waals surface area (Å²) in [5, 5.41) is 14.6. The fourth-order valence-electron chi connectivity index (χ4n) is 4.32. The van der Waals surface area contributed by atoms with Gasteiger partial charge in [-0.25, -0.2) is 9.97 Å². The number of piperazine rings is 1. The number of hydrogen-bond donors (Lipinski definition) is 4. The highest BCUT2D eigenvalue weighted by Crippen LogP contribution is 2.36. The molecule has 1 saturated heterocycles. The number of carbonyl (C=O) groups excluding carboxylic acids is 2. The summed E-state index contributed by atoms with van der Waals surface area (Å²) in [7, 11) is 0. The molecule has 4 N–H and O–H groups in total. The van der Waals surface area contributed by atoms with Crippen LogP contribution < -0.4 is 16.0 Å². The number of fused-ring (bicyclic) bond motifs is 1. The third-order valence-corrected chi connectivity index (χ3v) is 6.55. The van der Waals surface area contributed by atoms with Crippen molar-refractivity contribution in [1.29, 1.82) is 0 Å². The molecule has 0 unspecified atom stereocenters. The van der Waals surface area contributed by atoms with Gasteiger partial charge >= 0.3 is 6.18 Å². The molecule has 0 radical (unpaired) electrons. The zero-order valence-corrected chi connectivity index (χ0v) is 21.3. The van der Waals surface area contributed by atoms with Crippen LogP contribution in [0.25, 0.3) is 16.9 Å². The maximum atomic E-state index is 13.4. The van der Waals surface area contributed by atoms with Crippen molar-refractivity contribution in [1.82, 2.24) is 40.1 Å². The van der Waals surface area contributed by atoms with Gasteiger partial charge in [0.15, 0.2) is 17.2 Å². The first-order chi connectivity index (χ1) is 18.6. The van der Waals surface area contributed by atoms with Crippen LogP contribution in [0.5, 0.6) is 0 Å². The van der Waals surface area contributed by atoms with Gasteiger partial charge in [-0.1, -0.05) is 11.6 Å². The monoisotopic (exact) mass is 561 g/mol. The van der Waals surface area contributed by atoms with Crippen molar-refractivity contribution in [3.8, 4) is 11.3 Å². The van der Waals surface area contributed by atoms with Crippen molar-refractivity contribution in [2.24, 2.45) is 0 Å². The number of alkyl halides is 3. The first kappa shape index (κ1) is 26.4. The number of amides is 2. The van der Waals surface area contributed by atoms with Gasteiger partial charge < -0.3 is 20.9 Å². The smallest absolute Gasteiger partial charge is 0.340 e. The Kier molecular flexibility index (Phi) is 7.14. The van der Waals surface area contributed by atoms with E-state index in [2.05, 4.69) is 36.1 Å². The van der Waals surface area contributed by atoms with Gasteiger partial charge in [0.2, 0.25) is 5.91 Å². The summed E-state index contributed by atoms with van der Waals surface area (Å²) in [6, 6.07) is 3.87. The molecule has 0 bridgehead atoms. The molecule has 5 rings (SSSR count). The molecule has 1 atom stereocenters. The highest BCUT2D eigenvalue weighted by Gasteiger charge is 2.37. The second kappa shape index (κ2) is 10.5. The van der Waals surface area contributed by atoms with Crippen LogP contribution in [0.15, 0.2) is 43.0 Å². The van der Waals surface area contributed by atoms with E-state index in [1.807, 2.05) is 0 Å². The second-order valence-electron chi connectivity index (χ2n) is 8.85. The molecule has 204 valence electrons. The molecular weight excluding hydrogens is 539 g/mol. The van der Waals surface area contributed by atoms with E-state index in [1.165, 1.54) is 35.1 Å². The molecule has 0 spiro atoms. The Labute approximate surface area is 224 Å². The summed E-state index contributed by atoms with van der Waals surface area (Å²) in [6.45, 7) is 4.17. The number of nitrogens with one attached hydrogen (secondary N) is 4. The second-order valence-corrected chi connectivity index (χ2v) is 9.26. The molecule has 1 aromatic carbocycles. The zero-order valence-electron chi connectivity index (χ0n) is 20.5. The quantitative estimate of drug-likeness (QED) is 0.284. The molecular formula is C24H23ClF3N9O2. The number of carbonyl (C=O) groups is 2.